The van der Waals surface area contributed by atoms with Gasteiger partial charge in [-0.1, -0.05) is 0 Å². The zero-order valence-electron chi connectivity index (χ0n) is 9.72. The Morgan fingerprint density at radius 3 is 3.12 bits per heavy atom. The molecule has 1 unspecified atom stereocenters. The number of hydrogen-bond donors (Lipinski definition) is 1. The van der Waals surface area contributed by atoms with E-state index in [0.717, 1.165) is 31.1 Å². The van der Waals surface area contributed by atoms with E-state index in [0.29, 0.717) is 6.10 Å². The third kappa shape index (κ3) is 2.64. The van der Waals surface area contributed by atoms with Gasteiger partial charge in [0.25, 0.3) is 0 Å². The van der Waals surface area contributed by atoms with Crippen LogP contribution in [0, 0.1) is 0 Å². The summed E-state index contributed by atoms with van der Waals surface area (Å²) in [6.07, 6.45) is 5.67. The van der Waals surface area contributed by atoms with E-state index in [9.17, 15) is 0 Å². The van der Waals surface area contributed by atoms with Gasteiger partial charge in [0.2, 0.25) is 0 Å². The number of nitrogen functional groups attached to an aromatic ring is 1. The molecule has 88 valence electrons. The fraction of sp³-hybridized carbons (Fsp3) is 0.583. The molecule has 0 amide bonds. The number of hydrogen-bond acceptors (Lipinski definition) is 4. The standard InChI is InChI=1S/C12H19N3O/c1-15(9-10-5-2-3-8-16-10)12-11(13)6-4-7-14-12/h4,6-7,10H,2-3,5,8-9,13H2,1H3. The van der Waals surface area contributed by atoms with Crippen LogP contribution in [0.4, 0.5) is 11.5 Å². The normalized spacial score (nSPS) is 20.7. The van der Waals surface area contributed by atoms with Crippen LogP contribution in [0.3, 0.4) is 0 Å². The second-order valence-corrected chi connectivity index (χ2v) is 4.29. The first kappa shape index (κ1) is 11.2. The van der Waals surface area contributed by atoms with Crippen molar-refractivity contribution in [3.8, 4) is 0 Å². The summed E-state index contributed by atoms with van der Waals surface area (Å²) in [6, 6.07) is 3.73. The summed E-state index contributed by atoms with van der Waals surface area (Å²) in [5.41, 5.74) is 6.60. The molecule has 1 fully saturated rings. The van der Waals surface area contributed by atoms with Gasteiger partial charge < -0.3 is 15.4 Å². The van der Waals surface area contributed by atoms with Crippen molar-refractivity contribution >= 4 is 11.5 Å². The lowest BCUT2D eigenvalue weighted by Gasteiger charge is -2.28. The van der Waals surface area contributed by atoms with Gasteiger partial charge in [-0.05, 0) is 31.4 Å². The van der Waals surface area contributed by atoms with Crippen LogP contribution in [0.15, 0.2) is 18.3 Å². The molecule has 1 saturated heterocycles. The van der Waals surface area contributed by atoms with Crippen molar-refractivity contribution in [1.82, 2.24) is 4.98 Å². The minimum atomic E-state index is 0.320. The number of aromatic nitrogens is 1. The predicted molar refractivity (Wildman–Crippen MR) is 65.5 cm³/mol. The number of ether oxygens (including phenoxy) is 1. The summed E-state index contributed by atoms with van der Waals surface area (Å²) in [7, 11) is 2.01. The number of likely N-dealkylation sites (N-methyl/N-ethyl adjacent to an activating group) is 1. The van der Waals surface area contributed by atoms with E-state index in [-0.39, 0.29) is 0 Å². The Morgan fingerprint density at radius 1 is 1.56 bits per heavy atom. The molecule has 16 heavy (non-hydrogen) atoms. The zero-order chi connectivity index (χ0) is 11.4. The van der Waals surface area contributed by atoms with Crippen molar-refractivity contribution in [2.24, 2.45) is 0 Å². The van der Waals surface area contributed by atoms with E-state index in [4.69, 9.17) is 10.5 Å². The van der Waals surface area contributed by atoms with E-state index in [2.05, 4.69) is 9.88 Å². The van der Waals surface area contributed by atoms with Gasteiger partial charge in [-0.2, -0.15) is 0 Å². The minimum Gasteiger partial charge on any atom is -0.396 e. The molecular formula is C12H19N3O. The molecule has 0 bridgehead atoms. The van der Waals surface area contributed by atoms with E-state index < -0.39 is 0 Å². The maximum atomic E-state index is 5.88. The molecule has 2 rings (SSSR count). The van der Waals surface area contributed by atoms with Gasteiger partial charge in [-0.25, -0.2) is 4.98 Å². The molecule has 4 heteroatoms. The van der Waals surface area contributed by atoms with Crippen molar-refractivity contribution in [1.29, 1.82) is 0 Å². The molecule has 2 heterocycles. The van der Waals surface area contributed by atoms with Crippen molar-refractivity contribution in [2.75, 3.05) is 30.8 Å². The first-order valence-electron chi connectivity index (χ1n) is 5.80. The van der Waals surface area contributed by atoms with E-state index in [1.165, 1.54) is 12.8 Å². The van der Waals surface area contributed by atoms with Gasteiger partial charge in [0.1, 0.15) is 0 Å². The molecule has 0 spiro atoms. The SMILES string of the molecule is CN(CC1CCCCO1)c1ncccc1N. The fourth-order valence-electron chi connectivity index (χ4n) is 2.07. The third-order valence-electron chi connectivity index (χ3n) is 2.93. The van der Waals surface area contributed by atoms with Crippen LogP contribution in [0.25, 0.3) is 0 Å². The number of rotatable bonds is 3. The Morgan fingerprint density at radius 2 is 2.44 bits per heavy atom. The summed E-state index contributed by atoms with van der Waals surface area (Å²) in [4.78, 5) is 6.36. The highest BCUT2D eigenvalue weighted by Crippen LogP contribution is 2.20. The lowest BCUT2D eigenvalue weighted by molar-refractivity contribution is 0.0215. The maximum absolute atomic E-state index is 5.88. The van der Waals surface area contributed by atoms with Gasteiger partial charge in [-0.15, -0.1) is 0 Å². The fourth-order valence-corrected chi connectivity index (χ4v) is 2.07. The lowest BCUT2D eigenvalue weighted by Crippen LogP contribution is -2.34. The molecule has 0 radical (unpaired) electrons. The van der Waals surface area contributed by atoms with Crippen LogP contribution in [0.2, 0.25) is 0 Å². The van der Waals surface area contributed by atoms with Gasteiger partial charge in [0, 0.05) is 26.4 Å². The van der Waals surface area contributed by atoms with Crippen LogP contribution in [-0.4, -0.2) is 31.3 Å². The topological polar surface area (TPSA) is 51.4 Å². The average Bonchev–Trinajstić information content (AvgIpc) is 2.31. The molecule has 1 aliphatic heterocycles. The highest BCUT2D eigenvalue weighted by molar-refractivity contribution is 5.61. The second-order valence-electron chi connectivity index (χ2n) is 4.29. The monoisotopic (exact) mass is 221 g/mol. The van der Waals surface area contributed by atoms with E-state index >= 15 is 0 Å². The molecule has 4 nitrogen and oxygen atoms in total. The van der Waals surface area contributed by atoms with Crippen LogP contribution < -0.4 is 10.6 Å². The van der Waals surface area contributed by atoms with Crippen molar-refractivity contribution in [3.63, 3.8) is 0 Å². The van der Waals surface area contributed by atoms with Crippen LogP contribution in [0.5, 0.6) is 0 Å². The van der Waals surface area contributed by atoms with E-state index in [1.54, 1.807) is 6.20 Å². The Kier molecular flexibility index (Phi) is 3.62. The molecule has 0 aromatic carbocycles. The second kappa shape index (κ2) is 5.16. The quantitative estimate of drug-likeness (QED) is 0.843. The molecule has 2 N–H and O–H groups in total. The van der Waals surface area contributed by atoms with Crippen molar-refractivity contribution in [3.05, 3.63) is 18.3 Å². The number of anilines is 2. The van der Waals surface area contributed by atoms with Gasteiger partial charge >= 0.3 is 0 Å². The summed E-state index contributed by atoms with van der Waals surface area (Å²) in [6.45, 7) is 1.75. The molecule has 0 aliphatic carbocycles. The zero-order valence-corrected chi connectivity index (χ0v) is 9.72. The smallest absolute Gasteiger partial charge is 0.151 e. The summed E-state index contributed by atoms with van der Waals surface area (Å²) < 4.78 is 5.70. The van der Waals surface area contributed by atoms with Gasteiger partial charge in [-0.3, -0.25) is 0 Å². The Labute approximate surface area is 96.4 Å². The number of nitrogens with zero attached hydrogens (tertiary/aromatic N) is 2. The lowest BCUT2D eigenvalue weighted by atomic mass is 10.1. The predicted octanol–water partition coefficient (Wildman–Crippen LogP) is 1.67. The largest absolute Gasteiger partial charge is 0.396 e. The molecule has 1 aliphatic rings. The van der Waals surface area contributed by atoms with Crippen LogP contribution in [-0.2, 0) is 4.74 Å². The van der Waals surface area contributed by atoms with Crippen LogP contribution in [0.1, 0.15) is 19.3 Å². The minimum absolute atomic E-state index is 0.320. The molecule has 0 saturated carbocycles. The summed E-state index contributed by atoms with van der Waals surface area (Å²) in [5.74, 6) is 0.844. The molecular weight excluding hydrogens is 202 g/mol. The number of pyridine rings is 1. The Hall–Kier alpha value is -1.29. The van der Waals surface area contributed by atoms with Crippen molar-refractivity contribution < 1.29 is 4.74 Å². The first-order chi connectivity index (χ1) is 7.77. The molecule has 1 atom stereocenters. The Balaban J connectivity index is 1.96. The van der Waals surface area contributed by atoms with Crippen molar-refractivity contribution in [2.45, 2.75) is 25.4 Å². The molecule has 1 aromatic rings. The van der Waals surface area contributed by atoms with E-state index in [1.807, 2.05) is 19.2 Å². The first-order valence-corrected chi connectivity index (χ1v) is 5.80. The summed E-state index contributed by atoms with van der Waals surface area (Å²) >= 11 is 0. The Bertz CT molecular complexity index is 337. The van der Waals surface area contributed by atoms with Crippen LogP contribution >= 0.6 is 0 Å². The molecule has 1 aromatic heterocycles. The highest BCUT2D eigenvalue weighted by atomic mass is 16.5. The maximum Gasteiger partial charge on any atom is 0.151 e. The summed E-state index contributed by atoms with van der Waals surface area (Å²) in [5, 5.41) is 0. The third-order valence-corrected chi connectivity index (χ3v) is 2.93. The van der Waals surface area contributed by atoms with Gasteiger partial charge in [0.05, 0.1) is 11.8 Å². The highest BCUT2D eigenvalue weighted by Gasteiger charge is 2.17. The average molecular weight is 221 g/mol. The number of nitrogens with two attached hydrogens (primary N) is 1. The van der Waals surface area contributed by atoms with Gasteiger partial charge in [0.15, 0.2) is 5.82 Å².